The van der Waals surface area contributed by atoms with E-state index in [1.165, 1.54) is 0 Å². The van der Waals surface area contributed by atoms with Gasteiger partial charge in [0.2, 0.25) is 5.91 Å². The molecule has 0 aromatic heterocycles. The van der Waals surface area contributed by atoms with Crippen LogP contribution in [-0.4, -0.2) is 42.5 Å². The van der Waals surface area contributed by atoms with Crippen LogP contribution >= 0.6 is 0 Å². The predicted molar refractivity (Wildman–Crippen MR) is 113 cm³/mol. The Bertz CT molecular complexity index is 987. The molecule has 0 unspecified atom stereocenters. The van der Waals surface area contributed by atoms with Crippen molar-refractivity contribution in [2.45, 2.75) is 26.4 Å². The van der Waals surface area contributed by atoms with Crippen LogP contribution in [0.5, 0.6) is 11.5 Å². The van der Waals surface area contributed by atoms with Gasteiger partial charge in [0, 0.05) is 5.56 Å². The minimum Gasteiger partial charge on any atom is -0.486 e. The number of fused-ring (bicyclic) bond motifs is 1. The molecule has 2 aliphatic heterocycles. The highest BCUT2D eigenvalue weighted by Crippen LogP contribution is 2.34. The fourth-order valence-corrected chi connectivity index (χ4v) is 3.67. The van der Waals surface area contributed by atoms with Crippen LogP contribution in [0.25, 0.3) is 0 Å². The van der Waals surface area contributed by atoms with Crippen molar-refractivity contribution < 1.29 is 23.9 Å². The maximum absolute atomic E-state index is 12.9. The number of carbonyl (C=O) groups is 3. The molecule has 1 atom stereocenters. The van der Waals surface area contributed by atoms with Gasteiger partial charge < -0.3 is 20.1 Å². The number of nitrogens with one attached hydrogen (secondary N) is 2. The molecule has 0 aliphatic carbocycles. The van der Waals surface area contributed by atoms with E-state index in [1.807, 2.05) is 32.0 Å². The van der Waals surface area contributed by atoms with Crippen LogP contribution in [0.15, 0.2) is 42.5 Å². The van der Waals surface area contributed by atoms with Gasteiger partial charge in [-0.3, -0.25) is 14.5 Å². The Morgan fingerprint density at radius 1 is 1.06 bits per heavy atom. The number of amides is 4. The maximum Gasteiger partial charge on any atom is 0.324 e. The molecule has 2 aromatic rings. The molecule has 0 spiro atoms. The number of carbonyl (C=O) groups excluding carboxylic acids is 3. The number of hydrogen-bond donors (Lipinski definition) is 2. The van der Waals surface area contributed by atoms with Gasteiger partial charge in [-0.25, -0.2) is 4.79 Å². The van der Waals surface area contributed by atoms with E-state index >= 15 is 0 Å². The zero-order valence-corrected chi connectivity index (χ0v) is 17.5. The van der Waals surface area contributed by atoms with Crippen LogP contribution in [-0.2, 0) is 11.3 Å². The fourth-order valence-electron chi connectivity index (χ4n) is 3.67. The summed E-state index contributed by atoms with van der Waals surface area (Å²) in [5.74, 6) is 1.10. The van der Waals surface area contributed by atoms with Crippen LogP contribution in [0.1, 0.15) is 41.4 Å². The lowest BCUT2D eigenvalue weighted by atomic mass is 9.95. The van der Waals surface area contributed by atoms with Gasteiger partial charge >= 0.3 is 6.03 Å². The van der Waals surface area contributed by atoms with Gasteiger partial charge in [0.15, 0.2) is 11.5 Å². The Kier molecular flexibility index (Phi) is 5.79. The molecule has 31 heavy (non-hydrogen) atoms. The summed E-state index contributed by atoms with van der Waals surface area (Å²) in [4.78, 5) is 37.5. The Morgan fingerprint density at radius 2 is 1.77 bits per heavy atom. The third-order valence-electron chi connectivity index (χ3n) is 5.37. The van der Waals surface area contributed by atoms with Crippen molar-refractivity contribution in [2.75, 3.05) is 19.8 Å². The topological polar surface area (TPSA) is 97.0 Å². The molecule has 8 heteroatoms. The first-order valence-electron chi connectivity index (χ1n) is 10.3. The van der Waals surface area contributed by atoms with Crippen molar-refractivity contribution in [3.8, 4) is 11.5 Å². The summed E-state index contributed by atoms with van der Waals surface area (Å²) in [7, 11) is 0. The molecule has 0 saturated carbocycles. The predicted octanol–water partition coefficient (Wildman–Crippen LogP) is 2.64. The quantitative estimate of drug-likeness (QED) is 0.697. The van der Waals surface area contributed by atoms with Gasteiger partial charge in [-0.15, -0.1) is 0 Å². The first kappa shape index (κ1) is 20.7. The summed E-state index contributed by atoms with van der Waals surface area (Å²) >= 11 is 0. The van der Waals surface area contributed by atoms with Crippen molar-refractivity contribution in [3.05, 3.63) is 59.2 Å². The van der Waals surface area contributed by atoms with Crippen LogP contribution in [0.4, 0.5) is 4.79 Å². The first-order valence-corrected chi connectivity index (χ1v) is 10.3. The number of urea groups is 1. The molecular formula is C23H25N3O5. The fraction of sp³-hybridized carbons (Fsp3) is 0.348. The molecule has 2 N–H and O–H groups in total. The summed E-state index contributed by atoms with van der Waals surface area (Å²) in [6, 6.07) is 12.0. The zero-order valence-electron chi connectivity index (χ0n) is 17.5. The molecule has 1 fully saturated rings. The Morgan fingerprint density at radius 3 is 2.42 bits per heavy atom. The van der Waals surface area contributed by atoms with E-state index in [0.717, 1.165) is 16.0 Å². The lowest BCUT2D eigenvalue weighted by Gasteiger charge is -2.25. The standard InChI is InChI=1S/C23H25N3O5/c1-14(2)21(17-7-8-18-19(11-17)31-10-9-30-18)25-22(28)16-5-3-15(4-6-16)13-26-20(27)12-24-23(26)29/h3-8,11,14,21H,9-10,12-13H2,1-2H3,(H,24,29)(H,25,28)/t21-/m0/s1. The van der Waals surface area contributed by atoms with Gasteiger partial charge in [-0.2, -0.15) is 0 Å². The van der Waals surface area contributed by atoms with Crippen molar-refractivity contribution in [1.29, 1.82) is 0 Å². The number of rotatable bonds is 6. The number of imide groups is 1. The summed E-state index contributed by atoms with van der Waals surface area (Å²) in [5, 5.41) is 5.59. The normalized spacial score (nSPS) is 16.3. The van der Waals surface area contributed by atoms with E-state index in [1.54, 1.807) is 24.3 Å². The Balaban J connectivity index is 1.45. The summed E-state index contributed by atoms with van der Waals surface area (Å²) in [6.45, 7) is 5.33. The lowest BCUT2D eigenvalue weighted by Crippen LogP contribution is -2.32. The van der Waals surface area contributed by atoms with Gasteiger partial charge in [0.25, 0.3) is 5.91 Å². The molecule has 0 radical (unpaired) electrons. The van der Waals surface area contributed by atoms with Crippen molar-refractivity contribution in [3.63, 3.8) is 0 Å². The Labute approximate surface area is 180 Å². The number of ether oxygens (including phenoxy) is 2. The monoisotopic (exact) mass is 423 g/mol. The third kappa shape index (κ3) is 4.47. The average molecular weight is 423 g/mol. The highest BCUT2D eigenvalue weighted by atomic mass is 16.6. The molecule has 4 amide bonds. The van der Waals surface area contributed by atoms with Crippen LogP contribution in [0, 0.1) is 5.92 Å². The van der Waals surface area contributed by atoms with E-state index in [-0.39, 0.29) is 36.9 Å². The summed E-state index contributed by atoms with van der Waals surface area (Å²) < 4.78 is 11.3. The minimum atomic E-state index is -0.397. The zero-order chi connectivity index (χ0) is 22.0. The summed E-state index contributed by atoms with van der Waals surface area (Å²) in [6.07, 6.45) is 0. The average Bonchev–Trinajstić information content (AvgIpc) is 3.09. The second-order valence-electron chi connectivity index (χ2n) is 7.93. The molecule has 2 aromatic carbocycles. The minimum absolute atomic E-state index is 0.0236. The number of hydrogen-bond acceptors (Lipinski definition) is 5. The Hall–Kier alpha value is -3.55. The van der Waals surface area contributed by atoms with E-state index < -0.39 is 6.03 Å². The maximum atomic E-state index is 12.9. The van der Waals surface area contributed by atoms with Crippen molar-refractivity contribution in [1.82, 2.24) is 15.5 Å². The molecule has 1 saturated heterocycles. The molecule has 2 aliphatic rings. The van der Waals surface area contributed by atoms with E-state index in [4.69, 9.17) is 9.47 Å². The van der Waals surface area contributed by atoms with E-state index in [0.29, 0.717) is 30.3 Å². The highest BCUT2D eigenvalue weighted by molar-refractivity contribution is 6.01. The second-order valence-corrected chi connectivity index (χ2v) is 7.93. The smallest absolute Gasteiger partial charge is 0.324 e. The van der Waals surface area contributed by atoms with Gasteiger partial charge in [-0.1, -0.05) is 32.0 Å². The van der Waals surface area contributed by atoms with Gasteiger partial charge in [-0.05, 0) is 41.3 Å². The van der Waals surface area contributed by atoms with Crippen LogP contribution in [0.3, 0.4) is 0 Å². The number of nitrogens with zero attached hydrogens (tertiary/aromatic N) is 1. The first-order chi connectivity index (χ1) is 14.9. The second kappa shape index (κ2) is 8.67. The molecular weight excluding hydrogens is 398 g/mol. The van der Waals surface area contributed by atoms with Crippen LogP contribution in [0.2, 0.25) is 0 Å². The van der Waals surface area contributed by atoms with Gasteiger partial charge in [0.05, 0.1) is 19.1 Å². The largest absolute Gasteiger partial charge is 0.486 e. The SMILES string of the molecule is CC(C)[C@H](NC(=O)c1ccc(CN2C(=O)CNC2=O)cc1)c1ccc2c(c1)OCCO2. The van der Waals surface area contributed by atoms with Crippen molar-refractivity contribution in [2.24, 2.45) is 5.92 Å². The number of benzene rings is 2. The van der Waals surface area contributed by atoms with Crippen LogP contribution < -0.4 is 20.1 Å². The molecule has 0 bridgehead atoms. The summed E-state index contributed by atoms with van der Waals surface area (Å²) in [5.41, 5.74) is 2.22. The molecule has 162 valence electrons. The third-order valence-corrected chi connectivity index (χ3v) is 5.37. The highest BCUT2D eigenvalue weighted by Gasteiger charge is 2.28. The molecule has 4 rings (SSSR count). The lowest BCUT2D eigenvalue weighted by molar-refractivity contribution is -0.125. The van der Waals surface area contributed by atoms with Gasteiger partial charge in [0.1, 0.15) is 13.2 Å². The van der Waals surface area contributed by atoms with Crippen molar-refractivity contribution >= 4 is 17.8 Å². The molecule has 2 heterocycles. The van der Waals surface area contributed by atoms with E-state index in [9.17, 15) is 14.4 Å². The molecule has 8 nitrogen and oxygen atoms in total. The van der Waals surface area contributed by atoms with E-state index in [2.05, 4.69) is 10.6 Å².